The number of carbonyl (C=O) groups is 1. The molecule has 3 saturated heterocycles. The number of likely N-dealkylation sites (tertiary alicyclic amines) is 2. The first-order valence-electron chi connectivity index (χ1n) is 22.0. The molecule has 4 aliphatic rings. The zero-order valence-corrected chi connectivity index (χ0v) is 35.7. The van der Waals surface area contributed by atoms with Crippen molar-refractivity contribution in [2.24, 2.45) is 10.8 Å². The zero-order valence-electron chi connectivity index (χ0n) is 34.9. The summed E-state index contributed by atoms with van der Waals surface area (Å²) in [4.78, 5) is 36.6. The highest BCUT2D eigenvalue weighted by Crippen LogP contribution is 2.46. The molecule has 0 radical (unpaired) electrons. The number of nitrogens with one attached hydrogen (secondary N) is 2. The van der Waals surface area contributed by atoms with Crippen LogP contribution in [0.1, 0.15) is 124 Å². The number of piperidine rings is 1. The molecule has 1 unspecified atom stereocenters. The number of hydrogen-bond acceptors (Lipinski definition) is 12. The van der Waals surface area contributed by atoms with Crippen molar-refractivity contribution in [3.05, 3.63) is 36.7 Å². The van der Waals surface area contributed by atoms with Gasteiger partial charge in [0.15, 0.2) is 0 Å². The van der Waals surface area contributed by atoms with Crippen LogP contribution in [0.2, 0.25) is 0 Å². The minimum Gasteiger partial charge on any atom is -0.466 e. The van der Waals surface area contributed by atoms with Crippen molar-refractivity contribution in [2.45, 2.75) is 152 Å². The smallest absolute Gasteiger partial charge is 0.312 e. The molecule has 0 amide bonds. The van der Waals surface area contributed by atoms with Crippen LogP contribution in [0.4, 0.5) is 11.5 Å². The number of benzene rings is 1. The fraction of sp³-hybridized carbons (Fsp3) is 0.750. The van der Waals surface area contributed by atoms with Gasteiger partial charge in [0, 0.05) is 60.3 Å². The summed E-state index contributed by atoms with van der Waals surface area (Å²) in [6, 6.07) is 8.81. The number of aromatic nitrogens is 2. The lowest BCUT2D eigenvalue weighted by Crippen LogP contribution is -2.58. The Morgan fingerprint density at radius 2 is 1.75 bits per heavy atom. The summed E-state index contributed by atoms with van der Waals surface area (Å²) < 4.78 is 5.46. The molecular formula is C44H71N7O4S. The monoisotopic (exact) mass is 794 g/mol. The van der Waals surface area contributed by atoms with Crippen LogP contribution < -0.4 is 15.7 Å². The van der Waals surface area contributed by atoms with E-state index >= 15 is 0 Å². The molecule has 0 bridgehead atoms. The summed E-state index contributed by atoms with van der Waals surface area (Å²) in [6.45, 7) is 17.7. The van der Waals surface area contributed by atoms with Gasteiger partial charge in [0.05, 0.1) is 31.0 Å². The SMILES string of the molecule is CCCCONC1(C)CCN(c2cnc(Sc3cccc(NC(O)CCCCCCN4CC5(CCN(C6CCC(CC)(C(=O)OCC)CC6)C5)C4)c3)cn2)CC1. The van der Waals surface area contributed by atoms with Crippen molar-refractivity contribution >= 4 is 29.2 Å². The standard InChI is InChI=1S/C44H71N7O4S/c1-5-8-28-55-48-42(4)21-25-50(26-22-42)38-30-46-40(31-45-38)56-37-15-13-14-35(29-37)47-39(52)16-11-9-10-12-24-49-32-43(33-49)23-27-51(34-43)36-17-19-44(6-2,20-18-36)41(53)54-7-3/h13-15,29-31,36,39,47-48,52H,5-12,16-28,32-34H2,1-4H3. The Bertz CT molecular complexity index is 1490. The molecule has 1 aromatic heterocycles. The third-order valence-corrected chi connectivity index (χ3v) is 14.1. The van der Waals surface area contributed by atoms with E-state index in [9.17, 15) is 9.90 Å². The number of hydroxylamine groups is 1. The van der Waals surface area contributed by atoms with Crippen LogP contribution in [0.15, 0.2) is 46.6 Å². The van der Waals surface area contributed by atoms with Crippen molar-refractivity contribution in [1.29, 1.82) is 0 Å². The topological polar surface area (TPSA) is 115 Å². The van der Waals surface area contributed by atoms with Crippen molar-refractivity contribution in [2.75, 3.05) is 69.2 Å². The number of unbranched alkanes of at least 4 members (excludes halogenated alkanes) is 4. The molecular weight excluding hydrogens is 723 g/mol. The number of ether oxygens (including phenoxy) is 1. The summed E-state index contributed by atoms with van der Waals surface area (Å²) in [6.07, 6.45) is 19.1. The van der Waals surface area contributed by atoms with Gasteiger partial charge in [-0.3, -0.25) is 9.69 Å². The normalized spacial score (nSPS) is 24.2. The number of anilines is 2. The first-order chi connectivity index (χ1) is 27.2. The Morgan fingerprint density at radius 3 is 2.46 bits per heavy atom. The van der Waals surface area contributed by atoms with Gasteiger partial charge in [-0.1, -0.05) is 50.9 Å². The highest BCUT2D eigenvalue weighted by molar-refractivity contribution is 7.99. The zero-order chi connectivity index (χ0) is 39.4. The van der Waals surface area contributed by atoms with E-state index in [-0.39, 0.29) is 16.9 Å². The molecule has 12 heteroatoms. The molecule has 1 aliphatic carbocycles. The minimum atomic E-state index is -0.563. The molecule has 3 N–H and O–H groups in total. The van der Waals surface area contributed by atoms with E-state index in [2.05, 4.69) is 58.4 Å². The predicted molar refractivity (Wildman–Crippen MR) is 226 cm³/mol. The Kier molecular flexibility index (Phi) is 15.8. The van der Waals surface area contributed by atoms with Gasteiger partial charge in [-0.05, 0) is 122 Å². The van der Waals surface area contributed by atoms with Gasteiger partial charge in [-0.2, -0.15) is 5.48 Å². The van der Waals surface area contributed by atoms with E-state index in [1.807, 2.05) is 31.5 Å². The van der Waals surface area contributed by atoms with Gasteiger partial charge in [0.1, 0.15) is 17.1 Å². The lowest BCUT2D eigenvalue weighted by Gasteiger charge is -2.49. The van der Waals surface area contributed by atoms with Crippen LogP contribution in [0.25, 0.3) is 0 Å². The third kappa shape index (κ3) is 11.6. The Balaban J connectivity index is 0.815. The van der Waals surface area contributed by atoms with E-state index in [0.717, 1.165) is 118 Å². The number of nitrogens with zero attached hydrogens (tertiary/aromatic N) is 5. The molecule has 3 aliphatic heterocycles. The maximum Gasteiger partial charge on any atom is 0.312 e. The fourth-order valence-corrected chi connectivity index (χ4v) is 10.3. The van der Waals surface area contributed by atoms with Gasteiger partial charge in [-0.25, -0.2) is 9.97 Å². The number of rotatable bonds is 21. The average molecular weight is 794 g/mol. The number of esters is 1. The van der Waals surface area contributed by atoms with Gasteiger partial charge < -0.3 is 29.8 Å². The Hall–Kier alpha value is -2.48. The third-order valence-electron chi connectivity index (χ3n) is 13.2. The second kappa shape index (κ2) is 20.5. The van der Waals surface area contributed by atoms with Crippen LogP contribution in [-0.2, 0) is 14.4 Å². The van der Waals surface area contributed by atoms with E-state index in [0.29, 0.717) is 18.1 Å². The Morgan fingerprint density at radius 1 is 0.964 bits per heavy atom. The van der Waals surface area contributed by atoms with Crippen LogP contribution in [0, 0.1) is 10.8 Å². The Labute approximate surface area is 341 Å². The molecule has 1 aromatic carbocycles. The minimum absolute atomic E-state index is 0.00665. The summed E-state index contributed by atoms with van der Waals surface area (Å²) in [5.74, 6) is 0.950. The fourth-order valence-electron chi connectivity index (χ4n) is 9.47. The van der Waals surface area contributed by atoms with E-state index < -0.39 is 6.23 Å². The van der Waals surface area contributed by atoms with Crippen LogP contribution in [0.3, 0.4) is 0 Å². The van der Waals surface area contributed by atoms with Crippen molar-refractivity contribution < 1.29 is 19.5 Å². The lowest BCUT2D eigenvalue weighted by molar-refractivity contribution is -0.158. The second-order valence-electron chi connectivity index (χ2n) is 17.6. The van der Waals surface area contributed by atoms with Crippen LogP contribution in [-0.4, -0.2) is 108 Å². The highest BCUT2D eigenvalue weighted by Gasteiger charge is 2.50. The van der Waals surface area contributed by atoms with E-state index in [4.69, 9.17) is 19.5 Å². The van der Waals surface area contributed by atoms with Crippen molar-refractivity contribution in [3.8, 4) is 0 Å². The van der Waals surface area contributed by atoms with Gasteiger partial charge in [-0.15, -0.1) is 0 Å². The van der Waals surface area contributed by atoms with Crippen LogP contribution in [0.5, 0.6) is 0 Å². The molecule has 2 aromatic rings. The maximum absolute atomic E-state index is 12.7. The first kappa shape index (κ1) is 43.1. The van der Waals surface area contributed by atoms with Crippen molar-refractivity contribution in [1.82, 2.24) is 25.2 Å². The number of carbonyl (C=O) groups excluding carboxylic acids is 1. The molecule has 56 heavy (non-hydrogen) atoms. The van der Waals surface area contributed by atoms with Gasteiger partial charge in [0.25, 0.3) is 0 Å². The highest BCUT2D eigenvalue weighted by atomic mass is 32.2. The quantitative estimate of drug-likeness (QED) is 0.0494. The summed E-state index contributed by atoms with van der Waals surface area (Å²) in [5.41, 5.74) is 4.46. The van der Waals surface area contributed by atoms with Gasteiger partial charge >= 0.3 is 5.97 Å². The predicted octanol–water partition coefficient (Wildman–Crippen LogP) is 7.90. The summed E-state index contributed by atoms with van der Waals surface area (Å²) in [7, 11) is 0. The molecule has 1 saturated carbocycles. The molecule has 4 fully saturated rings. The second-order valence-corrected chi connectivity index (χ2v) is 18.7. The molecule has 312 valence electrons. The summed E-state index contributed by atoms with van der Waals surface area (Å²) in [5, 5.41) is 14.9. The molecule has 1 spiro atoms. The maximum atomic E-state index is 12.7. The number of aliphatic hydroxyl groups excluding tert-OH is 1. The molecule has 6 rings (SSSR count). The van der Waals surface area contributed by atoms with Crippen molar-refractivity contribution in [3.63, 3.8) is 0 Å². The number of hydrogen-bond donors (Lipinski definition) is 3. The van der Waals surface area contributed by atoms with E-state index in [1.165, 1.54) is 52.0 Å². The summed E-state index contributed by atoms with van der Waals surface area (Å²) >= 11 is 1.59. The van der Waals surface area contributed by atoms with E-state index in [1.54, 1.807) is 11.8 Å². The lowest BCUT2D eigenvalue weighted by atomic mass is 9.70. The largest absolute Gasteiger partial charge is 0.466 e. The number of aliphatic hydroxyl groups is 1. The van der Waals surface area contributed by atoms with Crippen LogP contribution >= 0.6 is 11.8 Å². The molecule has 11 nitrogen and oxygen atoms in total. The molecule has 4 heterocycles. The first-order valence-corrected chi connectivity index (χ1v) is 22.8. The molecule has 1 atom stereocenters. The van der Waals surface area contributed by atoms with Gasteiger partial charge in [0.2, 0.25) is 0 Å². The average Bonchev–Trinajstić information content (AvgIpc) is 3.64.